The summed E-state index contributed by atoms with van der Waals surface area (Å²) in [4.78, 5) is 31.7. The molecule has 1 amide bonds. The average Bonchev–Trinajstić information content (AvgIpc) is 2.72. The fourth-order valence-corrected chi connectivity index (χ4v) is 4.28. The highest BCUT2D eigenvalue weighted by Gasteiger charge is 2.23. The molecule has 1 aliphatic rings. The van der Waals surface area contributed by atoms with Crippen molar-refractivity contribution in [2.45, 2.75) is 39.5 Å². The third-order valence-corrected chi connectivity index (χ3v) is 5.97. The molecule has 1 aromatic heterocycles. The Bertz CT molecular complexity index is 890. The SMILES string of the molecule is CCc1cc(C(=O)N(C)C[C@@H]2CCCN(CCc3ccccc3C)C2)cc(=O)[nH]1. The van der Waals surface area contributed by atoms with Gasteiger partial charge in [-0.2, -0.15) is 0 Å². The van der Waals surface area contributed by atoms with Crippen LogP contribution in [0, 0.1) is 12.8 Å². The maximum Gasteiger partial charge on any atom is 0.253 e. The zero-order valence-electron chi connectivity index (χ0n) is 17.9. The molecule has 1 N–H and O–H groups in total. The number of H-pyrrole nitrogens is 1. The minimum absolute atomic E-state index is 0.0668. The normalized spacial score (nSPS) is 17.3. The Hall–Kier alpha value is -2.40. The number of nitrogens with zero attached hydrogens (tertiary/aromatic N) is 2. The Balaban J connectivity index is 1.55. The maximum atomic E-state index is 12.8. The van der Waals surface area contributed by atoms with Crippen LogP contribution in [-0.4, -0.2) is 53.9 Å². The second kappa shape index (κ2) is 9.88. The van der Waals surface area contributed by atoms with E-state index < -0.39 is 0 Å². The molecule has 0 bridgehead atoms. The molecule has 29 heavy (non-hydrogen) atoms. The van der Waals surface area contributed by atoms with E-state index in [-0.39, 0.29) is 11.5 Å². The van der Waals surface area contributed by atoms with Crippen molar-refractivity contribution in [3.8, 4) is 0 Å². The first-order valence-electron chi connectivity index (χ1n) is 10.7. The fourth-order valence-electron chi connectivity index (χ4n) is 4.28. The highest BCUT2D eigenvalue weighted by atomic mass is 16.2. The molecule has 3 rings (SSSR count). The van der Waals surface area contributed by atoms with E-state index in [4.69, 9.17) is 0 Å². The number of pyridine rings is 1. The number of benzene rings is 1. The minimum atomic E-state index is -0.207. The van der Waals surface area contributed by atoms with Crippen LogP contribution in [-0.2, 0) is 12.8 Å². The van der Waals surface area contributed by atoms with Crippen LogP contribution < -0.4 is 5.56 Å². The lowest BCUT2D eigenvalue weighted by atomic mass is 9.96. The third-order valence-electron chi connectivity index (χ3n) is 5.97. The van der Waals surface area contributed by atoms with Crippen LogP contribution in [0.1, 0.15) is 46.9 Å². The number of hydrogen-bond donors (Lipinski definition) is 1. The summed E-state index contributed by atoms with van der Waals surface area (Å²) in [7, 11) is 1.85. The number of aromatic amines is 1. The van der Waals surface area contributed by atoms with E-state index in [1.807, 2.05) is 14.0 Å². The number of piperidine rings is 1. The molecule has 0 aliphatic carbocycles. The van der Waals surface area contributed by atoms with Crippen molar-refractivity contribution >= 4 is 5.91 Å². The average molecular weight is 396 g/mol. The fraction of sp³-hybridized carbons (Fsp3) is 0.500. The van der Waals surface area contributed by atoms with E-state index in [1.165, 1.54) is 23.6 Å². The second-order valence-corrected chi connectivity index (χ2v) is 8.28. The number of amides is 1. The molecule has 2 aromatic rings. The van der Waals surface area contributed by atoms with Crippen molar-refractivity contribution < 1.29 is 4.79 Å². The van der Waals surface area contributed by atoms with Crippen molar-refractivity contribution in [1.82, 2.24) is 14.8 Å². The van der Waals surface area contributed by atoms with Gasteiger partial charge in [-0.05, 0) is 62.3 Å². The second-order valence-electron chi connectivity index (χ2n) is 8.28. The molecule has 1 aliphatic heterocycles. The summed E-state index contributed by atoms with van der Waals surface area (Å²) in [6.07, 6.45) is 4.10. The van der Waals surface area contributed by atoms with Gasteiger partial charge in [0, 0.05) is 44.0 Å². The monoisotopic (exact) mass is 395 g/mol. The number of rotatable bonds is 7. The molecule has 2 heterocycles. The van der Waals surface area contributed by atoms with Crippen molar-refractivity contribution in [2.75, 3.05) is 33.2 Å². The smallest absolute Gasteiger partial charge is 0.253 e. The first-order chi connectivity index (χ1) is 14.0. The van der Waals surface area contributed by atoms with Gasteiger partial charge in [-0.3, -0.25) is 9.59 Å². The zero-order chi connectivity index (χ0) is 20.8. The Morgan fingerprint density at radius 2 is 2.07 bits per heavy atom. The van der Waals surface area contributed by atoms with E-state index in [1.54, 1.807) is 11.0 Å². The van der Waals surface area contributed by atoms with Gasteiger partial charge in [-0.25, -0.2) is 0 Å². The van der Waals surface area contributed by atoms with Gasteiger partial charge in [0.2, 0.25) is 5.56 Å². The van der Waals surface area contributed by atoms with Crippen LogP contribution in [0.25, 0.3) is 0 Å². The van der Waals surface area contributed by atoms with Gasteiger partial charge in [0.15, 0.2) is 0 Å². The Morgan fingerprint density at radius 3 is 2.83 bits per heavy atom. The Kier molecular flexibility index (Phi) is 7.26. The van der Waals surface area contributed by atoms with E-state index >= 15 is 0 Å². The molecule has 1 aromatic carbocycles. The summed E-state index contributed by atoms with van der Waals surface area (Å²) in [5.41, 5.74) is 3.86. The topological polar surface area (TPSA) is 56.4 Å². The van der Waals surface area contributed by atoms with Crippen LogP contribution in [0.3, 0.4) is 0 Å². The van der Waals surface area contributed by atoms with Gasteiger partial charge in [0.25, 0.3) is 5.91 Å². The summed E-state index contributed by atoms with van der Waals surface area (Å²) in [6.45, 7) is 8.10. The molecule has 5 nitrogen and oxygen atoms in total. The number of aryl methyl sites for hydroxylation is 2. The van der Waals surface area contributed by atoms with Crippen LogP contribution in [0.4, 0.5) is 0 Å². The Morgan fingerprint density at radius 1 is 1.28 bits per heavy atom. The predicted molar refractivity (Wildman–Crippen MR) is 117 cm³/mol. The van der Waals surface area contributed by atoms with Gasteiger partial charge in [0.05, 0.1) is 0 Å². The first-order valence-corrected chi connectivity index (χ1v) is 10.7. The number of aromatic nitrogens is 1. The highest BCUT2D eigenvalue weighted by Crippen LogP contribution is 2.19. The number of nitrogens with one attached hydrogen (secondary N) is 1. The van der Waals surface area contributed by atoms with E-state index in [0.717, 1.165) is 44.7 Å². The number of likely N-dealkylation sites (tertiary alicyclic amines) is 1. The molecule has 156 valence electrons. The van der Waals surface area contributed by atoms with Gasteiger partial charge in [-0.15, -0.1) is 0 Å². The van der Waals surface area contributed by atoms with E-state index in [2.05, 4.69) is 41.1 Å². The molecule has 1 atom stereocenters. The van der Waals surface area contributed by atoms with E-state index in [9.17, 15) is 9.59 Å². The lowest BCUT2D eigenvalue weighted by Gasteiger charge is -2.35. The highest BCUT2D eigenvalue weighted by molar-refractivity contribution is 5.94. The summed E-state index contributed by atoms with van der Waals surface area (Å²) in [6, 6.07) is 11.8. The van der Waals surface area contributed by atoms with Crippen molar-refractivity contribution in [3.05, 3.63) is 69.1 Å². The molecule has 5 heteroatoms. The first kappa shape index (κ1) is 21.3. The molecular formula is C24H33N3O2. The molecule has 0 unspecified atom stereocenters. The number of hydrogen-bond acceptors (Lipinski definition) is 3. The van der Waals surface area contributed by atoms with Crippen molar-refractivity contribution in [2.24, 2.45) is 5.92 Å². The lowest BCUT2D eigenvalue weighted by molar-refractivity contribution is 0.0730. The van der Waals surface area contributed by atoms with E-state index in [0.29, 0.717) is 17.9 Å². The summed E-state index contributed by atoms with van der Waals surface area (Å²) in [5.74, 6) is 0.407. The lowest BCUT2D eigenvalue weighted by Crippen LogP contribution is -2.42. The number of carbonyl (C=O) groups excluding carboxylic acids is 1. The van der Waals surface area contributed by atoms with Crippen LogP contribution in [0.2, 0.25) is 0 Å². The van der Waals surface area contributed by atoms with Crippen LogP contribution in [0.15, 0.2) is 41.2 Å². The van der Waals surface area contributed by atoms with Crippen molar-refractivity contribution in [3.63, 3.8) is 0 Å². The molecule has 0 saturated carbocycles. The van der Waals surface area contributed by atoms with Crippen LogP contribution in [0.5, 0.6) is 0 Å². The maximum absolute atomic E-state index is 12.8. The standard InChI is InChI=1S/C24H33N3O2/c1-4-22-14-21(15-23(28)25-22)24(29)26(3)16-19-9-7-12-27(17-19)13-11-20-10-6-5-8-18(20)2/h5-6,8,10,14-15,19H,4,7,9,11-13,16-17H2,1-3H3,(H,25,28)/t19-/m0/s1. The number of carbonyl (C=O) groups is 1. The predicted octanol–water partition coefficient (Wildman–Crippen LogP) is 3.27. The van der Waals surface area contributed by atoms with Gasteiger partial charge < -0.3 is 14.8 Å². The van der Waals surface area contributed by atoms with Crippen molar-refractivity contribution in [1.29, 1.82) is 0 Å². The van der Waals surface area contributed by atoms with Gasteiger partial charge in [0.1, 0.15) is 0 Å². The van der Waals surface area contributed by atoms with Gasteiger partial charge >= 0.3 is 0 Å². The third kappa shape index (κ3) is 5.80. The Labute approximate surface area is 173 Å². The molecule has 1 saturated heterocycles. The zero-order valence-corrected chi connectivity index (χ0v) is 17.9. The molecule has 0 radical (unpaired) electrons. The summed E-state index contributed by atoms with van der Waals surface area (Å²) in [5, 5.41) is 0. The minimum Gasteiger partial charge on any atom is -0.341 e. The van der Waals surface area contributed by atoms with Crippen LogP contribution >= 0.6 is 0 Å². The summed E-state index contributed by atoms with van der Waals surface area (Å²) < 4.78 is 0. The molecule has 0 spiro atoms. The quantitative estimate of drug-likeness (QED) is 0.783. The van der Waals surface area contributed by atoms with Gasteiger partial charge in [-0.1, -0.05) is 31.2 Å². The molecular weight excluding hydrogens is 362 g/mol. The molecule has 1 fully saturated rings. The largest absolute Gasteiger partial charge is 0.341 e. The summed E-state index contributed by atoms with van der Waals surface area (Å²) >= 11 is 0.